The van der Waals surface area contributed by atoms with E-state index in [1.54, 1.807) is 17.1 Å². The van der Waals surface area contributed by atoms with Gasteiger partial charge in [0.05, 0.1) is 17.5 Å². The Morgan fingerprint density at radius 2 is 1.91 bits per heavy atom. The van der Waals surface area contributed by atoms with Gasteiger partial charge in [-0.25, -0.2) is 19.6 Å². The van der Waals surface area contributed by atoms with Crippen molar-refractivity contribution in [1.82, 2.24) is 34.5 Å². The van der Waals surface area contributed by atoms with Crippen molar-refractivity contribution in [3.63, 3.8) is 0 Å². The number of hydrogen-bond donors (Lipinski definition) is 1. The van der Waals surface area contributed by atoms with Crippen LogP contribution in [0.25, 0.3) is 34.1 Å². The molecule has 0 atom stereocenters. The number of pyridine rings is 2. The molecule has 0 aliphatic heterocycles. The molecule has 0 aliphatic rings. The van der Waals surface area contributed by atoms with Crippen LogP contribution in [-0.4, -0.2) is 40.5 Å². The molecular weight excluding hydrogens is 420 g/mol. The van der Waals surface area contributed by atoms with Gasteiger partial charge in [-0.15, -0.1) is 5.10 Å². The third-order valence-corrected chi connectivity index (χ3v) is 5.05. The summed E-state index contributed by atoms with van der Waals surface area (Å²) in [5, 5.41) is 8.17. The van der Waals surface area contributed by atoms with Gasteiger partial charge in [-0.2, -0.15) is 0 Å². The van der Waals surface area contributed by atoms with E-state index in [4.69, 9.17) is 20.4 Å². The maximum absolute atomic E-state index is 11.1. The van der Waals surface area contributed by atoms with Crippen LogP contribution in [0.1, 0.15) is 18.2 Å². The number of aromatic nitrogens is 7. The molecule has 0 radical (unpaired) electrons. The second-order valence-electron chi connectivity index (χ2n) is 7.47. The summed E-state index contributed by atoms with van der Waals surface area (Å²) in [5.41, 5.74) is 10.7. The Hall–Kier alpha value is -4.60. The lowest BCUT2D eigenvalue weighted by Crippen LogP contribution is -2.04. The molecule has 0 unspecified atom stereocenters. The fourth-order valence-corrected chi connectivity index (χ4v) is 3.49. The van der Waals surface area contributed by atoms with Crippen molar-refractivity contribution in [2.45, 2.75) is 20.5 Å². The topological polar surface area (TPSA) is 127 Å². The van der Waals surface area contributed by atoms with Gasteiger partial charge in [-0.3, -0.25) is 9.36 Å². The number of anilines is 1. The van der Waals surface area contributed by atoms with E-state index >= 15 is 0 Å². The van der Waals surface area contributed by atoms with Gasteiger partial charge in [0.2, 0.25) is 0 Å². The predicted octanol–water partition coefficient (Wildman–Crippen LogP) is 3.02. The quantitative estimate of drug-likeness (QED) is 0.413. The summed E-state index contributed by atoms with van der Waals surface area (Å²) in [7, 11) is 0. The normalized spacial score (nSPS) is 11.1. The molecule has 0 fully saturated rings. The van der Waals surface area contributed by atoms with Crippen LogP contribution >= 0.6 is 0 Å². The number of nitrogens with zero attached hydrogens (tertiary/aromatic N) is 7. The highest BCUT2D eigenvalue weighted by Gasteiger charge is 2.19. The lowest BCUT2D eigenvalue weighted by molar-refractivity contribution is -0.142. The zero-order valence-electron chi connectivity index (χ0n) is 18.0. The van der Waals surface area contributed by atoms with E-state index in [0.717, 1.165) is 16.9 Å². The van der Waals surface area contributed by atoms with Crippen molar-refractivity contribution in [3.8, 4) is 22.9 Å². The molecule has 33 heavy (non-hydrogen) atoms. The Morgan fingerprint density at radius 3 is 2.61 bits per heavy atom. The molecule has 2 N–H and O–H groups in total. The number of carbonyl (C=O) groups excluding carboxylic acids is 1. The van der Waals surface area contributed by atoms with Crippen molar-refractivity contribution in [1.29, 1.82) is 0 Å². The molecule has 0 saturated heterocycles. The van der Waals surface area contributed by atoms with E-state index in [1.165, 1.54) is 6.92 Å². The molecule has 5 aromatic rings. The summed E-state index contributed by atoms with van der Waals surface area (Å²) < 4.78 is 8.63. The van der Waals surface area contributed by atoms with E-state index in [9.17, 15) is 4.79 Å². The molecule has 1 aromatic carbocycles. The number of nitrogens with two attached hydrogens (primary N) is 1. The summed E-state index contributed by atoms with van der Waals surface area (Å²) in [6, 6.07) is 15.0. The van der Waals surface area contributed by atoms with E-state index in [2.05, 4.69) is 15.3 Å². The smallest absolute Gasteiger partial charge is 0.302 e. The number of hydrogen-bond acceptors (Lipinski definition) is 8. The SMILES string of the molecule is CC(=O)OCc1ccc(-n2c(-c3cccnc3N)nc3ccc(-n4cc(C)nn4)nc32)cc1. The van der Waals surface area contributed by atoms with E-state index in [1.807, 2.05) is 60.0 Å². The highest BCUT2D eigenvalue weighted by molar-refractivity contribution is 5.83. The number of benzene rings is 1. The number of ether oxygens (including phenoxy) is 1. The first-order valence-corrected chi connectivity index (χ1v) is 10.2. The Morgan fingerprint density at radius 1 is 1.09 bits per heavy atom. The Labute approximate surface area is 188 Å². The summed E-state index contributed by atoms with van der Waals surface area (Å²) in [5.74, 6) is 1.27. The zero-order valence-corrected chi connectivity index (χ0v) is 18.0. The monoisotopic (exact) mass is 440 g/mol. The van der Waals surface area contributed by atoms with Gasteiger partial charge >= 0.3 is 5.97 Å². The second kappa shape index (κ2) is 8.15. The van der Waals surface area contributed by atoms with Gasteiger partial charge in [0.25, 0.3) is 0 Å². The minimum atomic E-state index is -0.325. The molecule has 10 heteroatoms. The maximum Gasteiger partial charge on any atom is 0.302 e. The number of nitrogen functional groups attached to an aromatic ring is 1. The van der Waals surface area contributed by atoms with Crippen molar-refractivity contribution in [3.05, 3.63) is 72.2 Å². The predicted molar refractivity (Wildman–Crippen MR) is 122 cm³/mol. The van der Waals surface area contributed by atoms with Gasteiger partial charge in [-0.05, 0) is 48.9 Å². The van der Waals surface area contributed by atoms with Crippen LogP contribution in [0.2, 0.25) is 0 Å². The van der Waals surface area contributed by atoms with Crippen LogP contribution in [0.4, 0.5) is 5.82 Å². The Kier molecular flexibility index (Phi) is 5.02. The van der Waals surface area contributed by atoms with Crippen LogP contribution < -0.4 is 5.73 Å². The molecule has 164 valence electrons. The third-order valence-electron chi connectivity index (χ3n) is 5.05. The lowest BCUT2D eigenvalue weighted by atomic mass is 10.2. The molecule has 10 nitrogen and oxygen atoms in total. The molecule has 0 spiro atoms. The summed E-state index contributed by atoms with van der Waals surface area (Å²) >= 11 is 0. The minimum Gasteiger partial charge on any atom is -0.461 e. The standard InChI is InChI=1S/C23H20N8O2/c1-14-12-30(29-28-14)20-10-9-19-23(27-20)31(22(26-19)18-4-3-11-25-21(18)24)17-7-5-16(6-8-17)13-33-15(2)32/h3-12H,13H2,1-2H3,(H2,24,25). The average molecular weight is 440 g/mol. The first-order chi connectivity index (χ1) is 16.0. The number of imidazole rings is 1. The Bertz CT molecular complexity index is 1470. The van der Waals surface area contributed by atoms with E-state index in [0.29, 0.717) is 34.2 Å². The van der Waals surface area contributed by atoms with Crippen molar-refractivity contribution < 1.29 is 9.53 Å². The molecule has 0 saturated carbocycles. The van der Waals surface area contributed by atoms with Gasteiger partial charge in [-0.1, -0.05) is 17.3 Å². The van der Waals surface area contributed by atoms with Gasteiger partial charge in [0.15, 0.2) is 17.3 Å². The highest BCUT2D eigenvalue weighted by Crippen LogP contribution is 2.30. The fraction of sp³-hybridized carbons (Fsp3) is 0.130. The first kappa shape index (κ1) is 20.3. The van der Waals surface area contributed by atoms with Gasteiger partial charge in [0, 0.05) is 18.8 Å². The largest absolute Gasteiger partial charge is 0.461 e. The molecule has 4 heterocycles. The number of aryl methyl sites for hydroxylation is 1. The third kappa shape index (κ3) is 3.89. The molecule has 0 amide bonds. The van der Waals surface area contributed by atoms with E-state index in [-0.39, 0.29) is 12.6 Å². The van der Waals surface area contributed by atoms with Crippen molar-refractivity contribution >= 4 is 23.0 Å². The summed E-state index contributed by atoms with van der Waals surface area (Å²) in [4.78, 5) is 25.0. The highest BCUT2D eigenvalue weighted by atomic mass is 16.5. The molecule has 0 aliphatic carbocycles. The maximum atomic E-state index is 11.1. The van der Waals surface area contributed by atoms with Crippen LogP contribution in [0.3, 0.4) is 0 Å². The molecule has 4 aromatic heterocycles. The summed E-state index contributed by atoms with van der Waals surface area (Å²) in [6.07, 6.45) is 3.44. The van der Waals surface area contributed by atoms with Crippen LogP contribution in [0.5, 0.6) is 0 Å². The fourth-order valence-electron chi connectivity index (χ4n) is 3.49. The van der Waals surface area contributed by atoms with Crippen molar-refractivity contribution in [2.75, 3.05) is 5.73 Å². The van der Waals surface area contributed by atoms with Gasteiger partial charge in [0.1, 0.15) is 17.9 Å². The second-order valence-corrected chi connectivity index (χ2v) is 7.47. The minimum absolute atomic E-state index is 0.205. The van der Waals surface area contributed by atoms with Crippen LogP contribution in [-0.2, 0) is 16.1 Å². The molecule has 5 rings (SSSR count). The van der Waals surface area contributed by atoms with Crippen LogP contribution in [0.15, 0.2) is 60.9 Å². The molecular formula is C23H20N8O2. The zero-order chi connectivity index (χ0) is 22.9. The van der Waals surface area contributed by atoms with Crippen molar-refractivity contribution in [2.24, 2.45) is 0 Å². The first-order valence-electron chi connectivity index (χ1n) is 10.2. The number of fused-ring (bicyclic) bond motifs is 1. The number of esters is 1. The average Bonchev–Trinajstić information content (AvgIpc) is 3.41. The van der Waals surface area contributed by atoms with Crippen LogP contribution in [0, 0.1) is 6.92 Å². The van der Waals surface area contributed by atoms with Gasteiger partial charge < -0.3 is 10.5 Å². The Balaban J connectivity index is 1.69. The number of carbonyl (C=O) groups is 1. The van der Waals surface area contributed by atoms with E-state index < -0.39 is 0 Å². The lowest BCUT2D eigenvalue weighted by Gasteiger charge is -2.11. The summed E-state index contributed by atoms with van der Waals surface area (Å²) in [6.45, 7) is 3.46. The number of rotatable bonds is 5. The molecule has 0 bridgehead atoms.